The molecule has 0 saturated carbocycles. The van der Waals surface area contributed by atoms with E-state index in [2.05, 4.69) is 33.0 Å². The Morgan fingerprint density at radius 2 is 1.76 bits per heavy atom. The molecule has 0 spiro atoms. The number of piperazine rings is 1. The molecule has 1 heterocycles. The first-order chi connectivity index (χ1) is 9.44. The van der Waals surface area contributed by atoms with Crippen LogP contribution in [0.4, 0.5) is 0 Å². The van der Waals surface area contributed by atoms with Crippen LogP contribution in [-0.2, 0) is 9.59 Å². The molecule has 4 nitrogen and oxygen atoms in total. The van der Waals surface area contributed by atoms with Crippen molar-refractivity contribution in [1.29, 1.82) is 0 Å². The number of nitrogens with zero attached hydrogens (tertiary/aromatic N) is 1. The van der Waals surface area contributed by atoms with E-state index < -0.39 is 5.54 Å². The van der Waals surface area contributed by atoms with Crippen molar-refractivity contribution in [3.05, 3.63) is 0 Å². The largest absolute Gasteiger partial charge is 0.340 e. The summed E-state index contributed by atoms with van der Waals surface area (Å²) in [6.45, 7) is 17.1. The van der Waals surface area contributed by atoms with E-state index in [-0.39, 0.29) is 29.2 Å². The summed E-state index contributed by atoms with van der Waals surface area (Å²) in [7, 11) is 0. The number of nitrogens with one attached hydrogen (secondary N) is 1. The highest BCUT2D eigenvalue weighted by Gasteiger charge is 2.48. The molecule has 1 aliphatic heterocycles. The molecule has 4 heteroatoms. The van der Waals surface area contributed by atoms with E-state index >= 15 is 0 Å². The second-order valence-corrected chi connectivity index (χ2v) is 8.09. The summed E-state index contributed by atoms with van der Waals surface area (Å²) in [4.78, 5) is 27.2. The van der Waals surface area contributed by atoms with Crippen molar-refractivity contribution in [2.24, 2.45) is 17.3 Å². The highest BCUT2D eigenvalue weighted by molar-refractivity contribution is 5.99. The molecule has 1 fully saturated rings. The molecule has 0 aromatic carbocycles. The van der Waals surface area contributed by atoms with Crippen molar-refractivity contribution >= 4 is 11.8 Å². The molecular weight excluding hydrogens is 264 g/mol. The van der Waals surface area contributed by atoms with Gasteiger partial charge in [0.1, 0.15) is 11.6 Å². The van der Waals surface area contributed by atoms with Crippen LogP contribution in [0.15, 0.2) is 0 Å². The van der Waals surface area contributed by atoms with Crippen molar-refractivity contribution in [1.82, 2.24) is 10.2 Å². The topological polar surface area (TPSA) is 49.4 Å². The summed E-state index contributed by atoms with van der Waals surface area (Å²) >= 11 is 0. The van der Waals surface area contributed by atoms with Crippen LogP contribution in [-0.4, -0.2) is 34.8 Å². The normalized spacial score (nSPS) is 28.8. The highest BCUT2D eigenvalue weighted by Crippen LogP contribution is 2.31. The van der Waals surface area contributed by atoms with Gasteiger partial charge >= 0.3 is 0 Å². The maximum absolute atomic E-state index is 12.9. The summed E-state index contributed by atoms with van der Waals surface area (Å²) in [6.07, 6.45) is 0.614. The molecule has 2 amide bonds. The SMILES string of the molecule is CCC1(C)NC(=O)C(C(C)C)N(CC(C)C(C)(C)C)C1=O. The van der Waals surface area contributed by atoms with Gasteiger partial charge in [-0.25, -0.2) is 0 Å². The van der Waals surface area contributed by atoms with E-state index in [1.165, 1.54) is 0 Å². The predicted octanol–water partition coefficient (Wildman–Crippen LogP) is 2.82. The van der Waals surface area contributed by atoms with Gasteiger partial charge in [-0.3, -0.25) is 9.59 Å². The molecule has 0 aliphatic carbocycles. The van der Waals surface area contributed by atoms with Gasteiger partial charge in [-0.2, -0.15) is 0 Å². The maximum Gasteiger partial charge on any atom is 0.248 e. The van der Waals surface area contributed by atoms with Gasteiger partial charge in [0.2, 0.25) is 11.8 Å². The number of amides is 2. The smallest absolute Gasteiger partial charge is 0.248 e. The molecule has 3 unspecified atom stereocenters. The summed E-state index contributed by atoms with van der Waals surface area (Å²) in [5, 5.41) is 2.94. The first kappa shape index (κ1) is 18.0. The number of carbonyl (C=O) groups excluding carboxylic acids is 2. The standard InChI is InChI=1S/C17H32N2O2/c1-9-17(8)15(21)19(10-12(4)16(5,6)7)13(11(2)3)14(20)18-17/h11-13H,9-10H2,1-8H3,(H,18,20). The Balaban J connectivity index is 3.12. The van der Waals surface area contributed by atoms with Crippen LogP contribution in [0.3, 0.4) is 0 Å². The molecule has 1 N–H and O–H groups in total. The molecule has 3 atom stereocenters. The Labute approximate surface area is 129 Å². The highest BCUT2D eigenvalue weighted by atomic mass is 16.2. The van der Waals surface area contributed by atoms with Gasteiger partial charge in [0.15, 0.2) is 0 Å². The van der Waals surface area contributed by atoms with Crippen LogP contribution in [0.5, 0.6) is 0 Å². The Morgan fingerprint density at radius 1 is 1.24 bits per heavy atom. The summed E-state index contributed by atoms with van der Waals surface area (Å²) < 4.78 is 0. The van der Waals surface area contributed by atoms with Gasteiger partial charge in [-0.1, -0.05) is 48.5 Å². The second-order valence-electron chi connectivity index (χ2n) is 8.09. The third-order valence-electron chi connectivity index (χ3n) is 5.02. The van der Waals surface area contributed by atoms with Crippen molar-refractivity contribution < 1.29 is 9.59 Å². The van der Waals surface area contributed by atoms with Crippen molar-refractivity contribution in [3.8, 4) is 0 Å². The number of carbonyl (C=O) groups is 2. The van der Waals surface area contributed by atoms with Crippen LogP contribution in [0.25, 0.3) is 0 Å². The van der Waals surface area contributed by atoms with E-state index in [0.29, 0.717) is 18.9 Å². The van der Waals surface area contributed by atoms with Gasteiger partial charge in [-0.05, 0) is 30.6 Å². The van der Waals surface area contributed by atoms with Crippen LogP contribution in [0, 0.1) is 17.3 Å². The maximum atomic E-state index is 12.9. The molecule has 0 bridgehead atoms. The van der Waals surface area contributed by atoms with Crippen molar-refractivity contribution in [2.75, 3.05) is 6.54 Å². The summed E-state index contributed by atoms with van der Waals surface area (Å²) in [5.41, 5.74) is -0.654. The quantitative estimate of drug-likeness (QED) is 0.867. The summed E-state index contributed by atoms with van der Waals surface area (Å²) in [6, 6.07) is -0.359. The number of rotatable bonds is 4. The third-order valence-corrected chi connectivity index (χ3v) is 5.02. The fourth-order valence-corrected chi connectivity index (χ4v) is 2.65. The van der Waals surface area contributed by atoms with Crippen LogP contribution < -0.4 is 5.32 Å². The lowest BCUT2D eigenvalue weighted by Crippen LogP contribution is -2.70. The van der Waals surface area contributed by atoms with Crippen molar-refractivity contribution in [3.63, 3.8) is 0 Å². The minimum absolute atomic E-state index is 0.0185. The molecule has 0 aromatic rings. The molecule has 1 aliphatic rings. The molecule has 0 aromatic heterocycles. The minimum atomic E-state index is -0.764. The Morgan fingerprint density at radius 3 is 2.14 bits per heavy atom. The molecule has 1 rings (SSSR count). The number of hydrogen-bond acceptors (Lipinski definition) is 2. The average molecular weight is 296 g/mol. The average Bonchev–Trinajstić information content (AvgIpc) is 2.33. The monoisotopic (exact) mass is 296 g/mol. The fraction of sp³-hybridized carbons (Fsp3) is 0.882. The number of hydrogen-bond donors (Lipinski definition) is 1. The zero-order chi connectivity index (χ0) is 16.6. The molecule has 1 saturated heterocycles. The molecule has 0 radical (unpaired) electrons. The van der Waals surface area contributed by atoms with Gasteiger partial charge in [-0.15, -0.1) is 0 Å². The second kappa shape index (κ2) is 5.98. The Bertz CT molecular complexity index is 412. The van der Waals surface area contributed by atoms with Gasteiger partial charge < -0.3 is 10.2 Å². The van der Waals surface area contributed by atoms with E-state index in [0.717, 1.165) is 0 Å². The summed E-state index contributed by atoms with van der Waals surface area (Å²) in [5.74, 6) is 0.478. The first-order valence-corrected chi connectivity index (χ1v) is 8.07. The Kier molecular flexibility index (Phi) is 5.12. The lowest BCUT2D eigenvalue weighted by Gasteiger charge is -2.47. The van der Waals surface area contributed by atoms with E-state index in [4.69, 9.17) is 0 Å². The zero-order valence-electron chi connectivity index (χ0n) is 14.9. The van der Waals surface area contributed by atoms with Crippen LogP contribution in [0.2, 0.25) is 0 Å². The predicted molar refractivity (Wildman–Crippen MR) is 85.8 cm³/mol. The van der Waals surface area contributed by atoms with Gasteiger partial charge in [0.25, 0.3) is 0 Å². The minimum Gasteiger partial charge on any atom is -0.340 e. The van der Waals surface area contributed by atoms with Crippen LogP contribution in [0.1, 0.15) is 61.8 Å². The van der Waals surface area contributed by atoms with Gasteiger partial charge in [0.05, 0.1) is 0 Å². The molecule has 21 heavy (non-hydrogen) atoms. The molecule has 122 valence electrons. The Hall–Kier alpha value is -1.06. The van der Waals surface area contributed by atoms with Crippen molar-refractivity contribution in [2.45, 2.75) is 73.4 Å². The fourth-order valence-electron chi connectivity index (χ4n) is 2.65. The zero-order valence-corrected chi connectivity index (χ0v) is 14.9. The first-order valence-electron chi connectivity index (χ1n) is 8.07. The van der Waals surface area contributed by atoms with E-state index in [1.54, 1.807) is 0 Å². The third kappa shape index (κ3) is 3.58. The van der Waals surface area contributed by atoms with E-state index in [9.17, 15) is 9.59 Å². The lowest BCUT2D eigenvalue weighted by molar-refractivity contribution is -0.157. The van der Waals surface area contributed by atoms with E-state index in [1.807, 2.05) is 32.6 Å². The van der Waals surface area contributed by atoms with Gasteiger partial charge in [0, 0.05) is 6.54 Å². The lowest BCUT2D eigenvalue weighted by atomic mass is 9.80. The molecular formula is C17H32N2O2. The van der Waals surface area contributed by atoms with Crippen LogP contribution >= 0.6 is 0 Å².